The molecule has 1 heterocycles. The van der Waals surface area contributed by atoms with Crippen molar-refractivity contribution in [3.63, 3.8) is 0 Å². The van der Waals surface area contributed by atoms with Gasteiger partial charge in [0.25, 0.3) is 10.1 Å². The fraction of sp³-hybridized carbons (Fsp3) is 0.500. The van der Waals surface area contributed by atoms with Crippen LogP contribution in [-0.2, 0) is 26.9 Å². The number of rotatable bonds is 4. The van der Waals surface area contributed by atoms with Crippen molar-refractivity contribution >= 4 is 10.1 Å². The number of nitrogens with zero attached hydrogens (tertiary/aromatic N) is 2. The van der Waals surface area contributed by atoms with Crippen LogP contribution >= 0.6 is 0 Å². The van der Waals surface area contributed by atoms with Gasteiger partial charge in [-0.25, -0.2) is 4.98 Å². The average molecular weight is 270 g/mol. The lowest BCUT2D eigenvalue weighted by Crippen LogP contribution is -2.15. The lowest BCUT2D eigenvalue weighted by atomic mass is 10.2. The standard InChI is InChI=1S/C8H9F3N2O3S/c1-17(14,15)16-5-2-6-7(8(9,10)11)13-4-3-12-6/h3-4H,2,5H2,1H3. The van der Waals surface area contributed by atoms with Gasteiger partial charge in [0.1, 0.15) is 0 Å². The number of halogens is 3. The highest BCUT2D eigenvalue weighted by Crippen LogP contribution is 2.29. The van der Waals surface area contributed by atoms with E-state index in [1.807, 2.05) is 0 Å². The summed E-state index contributed by atoms with van der Waals surface area (Å²) in [5.41, 5.74) is -1.47. The number of alkyl halides is 3. The molecule has 5 nitrogen and oxygen atoms in total. The molecule has 1 aromatic heterocycles. The molecule has 0 saturated carbocycles. The highest BCUT2D eigenvalue weighted by molar-refractivity contribution is 7.85. The molecule has 0 saturated heterocycles. The van der Waals surface area contributed by atoms with Gasteiger partial charge in [-0.3, -0.25) is 9.17 Å². The van der Waals surface area contributed by atoms with Gasteiger partial charge in [-0.15, -0.1) is 0 Å². The number of hydrogen-bond donors (Lipinski definition) is 0. The number of hydrogen-bond acceptors (Lipinski definition) is 5. The molecule has 0 aliphatic rings. The van der Waals surface area contributed by atoms with Crippen LogP contribution in [-0.4, -0.2) is 31.2 Å². The van der Waals surface area contributed by atoms with Gasteiger partial charge in [-0.1, -0.05) is 0 Å². The maximum absolute atomic E-state index is 12.4. The van der Waals surface area contributed by atoms with E-state index in [1.165, 1.54) is 0 Å². The molecule has 0 aliphatic heterocycles. The van der Waals surface area contributed by atoms with E-state index in [0.717, 1.165) is 18.6 Å². The minimum Gasteiger partial charge on any atom is -0.270 e. The lowest BCUT2D eigenvalue weighted by Gasteiger charge is -2.09. The van der Waals surface area contributed by atoms with Gasteiger partial charge in [-0.2, -0.15) is 21.6 Å². The normalized spacial score (nSPS) is 12.7. The smallest absolute Gasteiger partial charge is 0.270 e. The van der Waals surface area contributed by atoms with Crippen LogP contribution in [0, 0.1) is 0 Å². The third kappa shape index (κ3) is 4.65. The zero-order valence-electron chi connectivity index (χ0n) is 8.73. The van der Waals surface area contributed by atoms with Crippen molar-refractivity contribution in [3.8, 4) is 0 Å². The van der Waals surface area contributed by atoms with E-state index in [9.17, 15) is 21.6 Å². The van der Waals surface area contributed by atoms with E-state index in [2.05, 4.69) is 14.2 Å². The van der Waals surface area contributed by atoms with Crippen LogP contribution in [0.3, 0.4) is 0 Å². The van der Waals surface area contributed by atoms with E-state index >= 15 is 0 Å². The first kappa shape index (κ1) is 13.8. The minimum absolute atomic E-state index is 0.282. The highest BCUT2D eigenvalue weighted by atomic mass is 32.2. The Bertz CT molecular complexity index is 487. The summed E-state index contributed by atoms with van der Waals surface area (Å²) in [6.45, 7) is -0.402. The molecule has 0 N–H and O–H groups in total. The molecule has 0 bridgehead atoms. The van der Waals surface area contributed by atoms with E-state index in [0.29, 0.717) is 0 Å². The molecule has 0 unspecified atom stereocenters. The molecule has 9 heteroatoms. The SMILES string of the molecule is CS(=O)(=O)OCCc1nccnc1C(F)(F)F. The molecule has 1 rings (SSSR count). The zero-order valence-corrected chi connectivity index (χ0v) is 9.55. The topological polar surface area (TPSA) is 69.2 Å². The van der Waals surface area contributed by atoms with Gasteiger partial charge in [0, 0.05) is 18.8 Å². The highest BCUT2D eigenvalue weighted by Gasteiger charge is 2.35. The molecule has 1 aromatic rings. The first-order chi connectivity index (χ1) is 7.70. The van der Waals surface area contributed by atoms with Gasteiger partial charge in [-0.05, 0) is 0 Å². The van der Waals surface area contributed by atoms with Crippen LogP contribution in [0.1, 0.15) is 11.4 Å². The van der Waals surface area contributed by atoms with Crippen molar-refractivity contribution in [3.05, 3.63) is 23.8 Å². The summed E-state index contributed by atoms with van der Waals surface area (Å²) >= 11 is 0. The van der Waals surface area contributed by atoms with Crippen molar-refractivity contribution in [1.29, 1.82) is 0 Å². The third-order valence-electron chi connectivity index (χ3n) is 1.68. The molecule has 0 amide bonds. The predicted octanol–water partition coefficient (Wildman–Crippen LogP) is 1.01. The van der Waals surface area contributed by atoms with Crippen LogP contribution in [0.25, 0.3) is 0 Å². The largest absolute Gasteiger partial charge is 0.435 e. The van der Waals surface area contributed by atoms with E-state index in [4.69, 9.17) is 0 Å². The molecule has 0 fully saturated rings. The molecular weight excluding hydrogens is 261 g/mol. The van der Waals surface area contributed by atoms with E-state index in [-0.39, 0.29) is 12.1 Å². The lowest BCUT2D eigenvalue weighted by molar-refractivity contribution is -0.142. The van der Waals surface area contributed by atoms with Gasteiger partial charge in [0.05, 0.1) is 18.6 Å². The molecule has 0 spiro atoms. The molecule has 96 valence electrons. The van der Waals surface area contributed by atoms with Crippen molar-refractivity contribution in [2.24, 2.45) is 0 Å². The fourth-order valence-corrected chi connectivity index (χ4v) is 1.46. The van der Waals surface area contributed by atoms with E-state index < -0.39 is 28.6 Å². The molecule has 0 radical (unpaired) electrons. The summed E-state index contributed by atoms with van der Waals surface area (Å²) in [5.74, 6) is 0. The minimum atomic E-state index is -4.62. The zero-order chi connectivity index (χ0) is 13.1. The second kappa shape index (κ2) is 4.96. The first-order valence-electron chi connectivity index (χ1n) is 4.41. The van der Waals surface area contributed by atoms with Crippen molar-refractivity contribution in [2.45, 2.75) is 12.6 Å². The van der Waals surface area contributed by atoms with Gasteiger partial charge < -0.3 is 0 Å². The summed E-state index contributed by atoms with van der Waals surface area (Å²) in [4.78, 5) is 6.68. The average Bonchev–Trinajstić information content (AvgIpc) is 2.15. The maximum Gasteiger partial charge on any atom is 0.435 e. The summed E-state index contributed by atoms with van der Waals surface area (Å²) in [6.07, 6.45) is -2.06. The Morgan fingerprint density at radius 2 is 1.88 bits per heavy atom. The Labute approximate surface area is 95.8 Å². The van der Waals surface area contributed by atoms with Gasteiger partial charge in [0.2, 0.25) is 0 Å². The third-order valence-corrected chi connectivity index (χ3v) is 2.27. The van der Waals surface area contributed by atoms with Crippen molar-refractivity contribution in [2.75, 3.05) is 12.9 Å². The Kier molecular flexibility index (Phi) is 4.04. The van der Waals surface area contributed by atoms with Crippen LogP contribution in [0.2, 0.25) is 0 Å². The predicted molar refractivity (Wildman–Crippen MR) is 51.5 cm³/mol. The summed E-state index contributed by atoms with van der Waals surface area (Å²) in [5, 5.41) is 0. The fourth-order valence-electron chi connectivity index (χ4n) is 1.08. The quantitative estimate of drug-likeness (QED) is 0.764. The molecular formula is C8H9F3N2O3S. The Hall–Kier alpha value is -1.22. The summed E-state index contributed by atoms with van der Waals surface area (Å²) in [7, 11) is -3.67. The van der Waals surface area contributed by atoms with Gasteiger partial charge >= 0.3 is 6.18 Å². The Balaban J connectivity index is 2.78. The number of aromatic nitrogens is 2. The second-order valence-electron chi connectivity index (χ2n) is 3.13. The van der Waals surface area contributed by atoms with Crippen molar-refractivity contribution < 1.29 is 25.8 Å². The van der Waals surface area contributed by atoms with Crippen LogP contribution in [0.4, 0.5) is 13.2 Å². The van der Waals surface area contributed by atoms with Crippen LogP contribution < -0.4 is 0 Å². The monoisotopic (exact) mass is 270 g/mol. The van der Waals surface area contributed by atoms with Crippen LogP contribution in [0.15, 0.2) is 12.4 Å². The molecule has 17 heavy (non-hydrogen) atoms. The Morgan fingerprint density at radius 3 is 2.41 bits per heavy atom. The van der Waals surface area contributed by atoms with E-state index in [1.54, 1.807) is 0 Å². The Morgan fingerprint density at radius 1 is 1.29 bits per heavy atom. The molecule has 0 aliphatic carbocycles. The molecule has 0 aromatic carbocycles. The summed E-state index contributed by atoms with van der Waals surface area (Å²) in [6, 6.07) is 0. The first-order valence-corrected chi connectivity index (χ1v) is 6.23. The second-order valence-corrected chi connectivity index (χ2v) is 4.77. The van der Waals surface area contributed by atoms with Gasteiger partial charge in [0.15, 0.2) is 5.69 Å². The van der Waals surface area contributed by atoms with Crippen LogP contribution in [0.5, 0.6) is 0 Å². The summed E-state index contributed by atoms with van der Waals surface area (Å²) < 4.78 is 62.9. The maximum atomic E-state index is 12.4. The molecule has 0 atom stereocenters. The van der Waals surface area contributed by atoms with Crippen molar-refractivity contribution in [1.82, 2.24) is 9.97 Å².